The standard InChI is InChI=1S/C16H24ClN/c1-18-11-3-4-13-7-9-14(10-8-13)15-5-2-6-16(17)12-15/h7-10,15-16,18H,2-6,11-12H2,1H3. The van der Waals surface area contributed by atoms with Gasteiger partial charge in [-0.15, -0.1) is 11.6 Å². The van der Waals surface area contributed by atoms with Crippen molar-refractivity contribution in [2.45, 2.75) is 49.8 Å². The van der Waals surface area contributed by atoms with E-state index in [-0.39, 0.29) is 0 Å². The van der Waals surface area contributed by atoms with Gasteiger partial charge in [0.05, 0.1) is 0 Å². The highest BCUT2D eigenvalue weighted by molar-refractivity contribution is 6.20. The topological polar surface area (TPSA) is 12.0 Å². The molecule has 0 amide bonds. The summed E-state index contributed by atoms with van der Waals surface area (Å²) in [5.74, 6) is 0.688. The van der Waals surface area contributed by atoms with Crippen LogP contribution in [0.1, 0.15) is 49.1 Å². The van der Waals surface area contributed by atoms with Crippen LogP contribution >= 0.6 is 11.6 Å². The van der Waals surface area contributed by atoms with Gasteiger partial charge in [-0.3, -0.25) is 0 Å². The van der Waals surface area contributed by atoms with Crippen LogP contribution in [0.3, 0.4) is 0 Å². The molecular weight excluding hydrogens is 242 g/mol. The third-order valence-electron chi connectivity index (χ3n) is 3.95. The van der Waals surface area contributed by atoms with Crippen LogP contribution in [0.2, 0.25) is 0 Å². The van der Waals surface area contributed by atoms with E-state index in [1.807, 2.05) is 7.05 Å². The van der Waals surface area contributed by atoms with Gasteiger partial charge in [-0.25, -0.2) is 0 Å². The summed E-state index contributed by atoms with van der Waals surface area (Å²) in [5, 5.41) is 3.58. The van der Waals surface area contributed by atoms with Gasteiger partial charge in [-0.1, -0.05) is 30.7 Å². The van der Waals surface area contributed by atoms with Crippen LogP contribution in [-0.2, 0) is 6.42 Å². The Morgan fingerprint density at radius 3 is 2.67 bits per heavy atom. The minimum atomic E-state index is 0.388. The molecule has 0 heterocycles. The van der Waals surface area contributed by atoms with E-state index >= 15 is 0 Å². The summed E-state index contributed by atoms with van der Waals surface area (Å²) in [5.41, 5.74) is 2.94. The van der Waals surface area contributed by atoms with Gasteiger partial charge >= 0.3 is 0 Å². The molecule has 2 atom stereocenters. The third kappa shape index (κ3) is 4.00. The van der Waals surface area contributed by atoms with E-state index in [0.717, 1.165) is 13.0 Å². The predicted molar refractivity (Wildman–Crippen MR) is 79.5 cm³/mol. The summed E-state index contributed by atoms with van der Waals surface area (Å²) in [7, 11) is 2.01. The lowest BCUT2D eigenvalue weighted by molar-refractivity contribution is 0.449. The van der Waals surface area contributed by atoms with Crippen molar-refractivity contribution >= 4 is 11.6 Å². The molecule has 1 aliphatic carbocycles. The zero-order chi connectivity index (χ0) is 12.8. The van der Waals surface area contributed by atoms with Crippen molar-refractivity contribution in [2.75, 3.05) is 13.6 Å². The van der Waals surface area contributed by atoms with E-state index in [1.165, 1.54) is 43.2 Å². The molecule has 1 nitrogen and oxygen atoms in total. The molecule has 2 rings (SSSR count). The number of rotatable bonds is 5. The van der Waals surface area contributed by atoms with Crippen molar-refractivity contribution in [1.29, 1.82) is 0 Å². The number of hydrogen-bond donors (Lipinski definition) is 1. The normalized spacial score (nSPS) is 24.1. The molecule has 1 fully saturated rings. The van der Waals surface area contributed by atoms with Crippen LogP contribution in [0.4, 0.5) is 0 Å². The van der Waals surface area contributed by atoms with E-state index in [4.69, 9.17) is 11.6 Å². The summed E-state index contributed by atoms with van der Waals surface area (Å²) >= 11 is 6.27. The second-order valence-electron chi connectivity index (χ2n) is 5.41. The highest BCUT2D eigenvalue weighted by Crippen LogP contribution is 2.35. The lowest BCUT2D eigenvalue weighted by atomic mass is 9.83. The fourth-order valence-electron chi connectivity index (χ4n) is 2.86. The van der Waals surface area contributed by atoms with Crippen LogP contribution in [-0.4, -0.2) is 19.0 Å². The van der Waals surface area contributed by atoms with Crippen LogP contribution in [0, 0.1) is 0 Å². The first-order valence-electron chi connectivity index (χ1n) is 7.17. The number of aryl methyl sites for hydroxylation is 1. The Labute approximate surface area is 116 Å². The van der Waals surface area contributed by atoms with Crippen LogP contribution in [0.15, 0.2) is 24.3 Å². The molecule has 1 aliphatic rings. The van der Waals surface area contributed by atoms with Gasteiger partial charge in [0, 0.05) is 5.38 Å². The summed E-state index contributed by atoms with van der Waals surface area (Å²) in [4.78, 5) is 0. The van der Waals surface area contributed by atoms with Crippen molar-refractivity contribution in [2.24, 2.45) is 0 Å². The summed E-state index contributed by atoms with van der Waals surface area (Å²) in [6, 6.07) is 9.22. The minimum absolute atomic E-state index is 0.388. The maximum atomic E-state index is 6.27. The summed E-state index contributed by atoms with van der Waals surface area (Å²) in [6.07, 6.45) is 7.32. The number of halogens is 1. The molecule has 2 unspecified atom stereocenters. The molecule has 18 heavy (non-hydrogen) atoms. The number of hydrogen-bond acceptors (Lipinski definition) is 1. The first-order chi connectivity index (χ1) is 8.79. The molecule has 0 spiro atoms. The van der Waals surface area contributed by atoms with Gasteiger partial charge in [-0.2, -0.15) is 0 Å². The molecule has 1 N–H and O–H groups in total. The van der Waals surface area contributed by atoms with Crippen molar-refractivity contribution in [3.05, 3.63) is 35.4 Å². The Morgan fingerprint density at radius 2 is 2.00 bits per heavy atom. The molecule has 1 saturated carbocycles. The largest absolute Gasteiger partial charge is 0.320 e. The fourth-order valence-corrected chi connectivity index (χ4v) is 3.23. The highest BCUT2D eigenvalue weighted by atomic mass is 35.5. The first kappa shape index (κ1) is 13.9. The summed E-state index contributed by atoms with van der Waals surface area (Å²) in [6.45, 7) is 1.10. The van der Waals surface area contributed by atoms with Gasteiger partial charge in [0.1, 0.15) is 0 Å². The van der Waals surface area contributed by atoms with E-state index in [0.29, 0.717) is 11.3 Å². The van der Waals surface area contributed by atoms with E-state index in [2.05, 4.69) is 29.6 Å². The second kappa shape index (κ2) is 7.16. The zero-order valence-corrected chi connectivity index (χ0v) is 12.0. The van der Waals surface area contributed by atoms with E-state index < -0.39 is 0 Å². The van der Waals surface area contributed by atoms with Gasteiger partial charge in [0.15, 0.2) is 0 Å². The lowest BCUT2D eigenvalue weighted by Gasteiger charge is -2.25. The Kier molecular flexibility index (Phi) is 5.52. The molecule has 1 aromatic carbocycles. The average Bonchev–Trinajstić information content (AvgIpc) is 2.40. The molecular formula is C16H24ClN. The predicted octanol–water partition coefficient (Wildman–Crippen LogP) is 4.10. The van der Waals surface area contributed by atoms with Crippen LogP contribution < -0.4 is 5.32 Å². The highest BCUT2D eigenvalue weighted by Gasteiger charge is 2.21. The molecule has 0 aromatic heterocycles. The Hall–Kier alpha value is -0.530. The van der Waals surface area contributed by atoms with Crippen molar-refractivity contribution in [1.82, 2.24) is 5.32 Å². The average molecular weight is 266 g/mol. The van der Waals surface area contributed by atoms with Gasteiger partial charge in [-0.05, 0) is 62.7 Å². The SMILES string of the molecule is CNCCCc1ccc(C2CCCC(Cl)C2)cc1. The maximum Gasteiger partial charge on any atom is 0.0341 e. The maximum absolute atomic E-state index is 6.27. The molecule has 0 saturated heterocycles. The minimum Gasteiger partial charge on any atom is -0.320 e. The summed E-state index contributed by atoms with van der Waals surface area (Å²) < 4.78 is 0. The second-order valence-corrected chi connectivity index (χ2v) is 6.03. The van der Waals surface area contributed by atoms with Gasteiger partial charge in [0.2, 0.25) is 0 Å². The van der Waals surface area contributed by atoms with Gasteiger partial charge in [0.25, 0.3) is 0 Å². The zero-order valence-electron chi connectivity index (χ0n) is 11.3. The monoisotopic (exact) mass is 265 g/mol. The fraction of sp³-hybridized carbons (Fsp3) is 0.625. The molecule has 100 valence electrons. The van der Waals surface area contributed by atoms with Crippen LogP contribution in [0.5, 0.6) is 0 Å². The first-order valence-corrected chi connectivity index (χ1v) is 7.60. The smallest absolute Gasteiger partial charge is 0.0341 e. The number of nitrogens with one attached hydrogen (secondary N) is 1. The molecule has 2 heteroatoms. The number of alkyl halides is 1. The van der Waals surface area contributed by atoms with Crippen molar-refractivity contribution < 1.29 is 0 Å². The Morgan fingerprint density at radius 1 is 1.22 bits per heavy atom. The van der Waals surface area contributed by atoms with E-state index in [9.17, 15) is 0 Å². The van der Waals surface area contributed by atoms with Crippen LogP contribution in [0.25, 0.3) is 0 Å². The third-order valence-corrected chi connectivity index (χ3v) is 4.35. The van der Waals surface area contributed by atoms with Crippen molar-refractivity contribution in [3.63, 3.8) is 0 Å². The molecule has 0 aliphatic heterocycles. The van der Waals surface area contributed by atoms with E-state index in [1.54, 1.807) is 0 Å². The molecule has 0 radical (unpaired) electrons. The molecule has 1 aromatic rings. The quantitative estimate of drug-likeness (QED) is 0.624. The van der Waals surface area contributed by atoms with Crippen molar-refractivity contribution in [3.8, 4) is 0 Å². The lowest BCUT2D eigenvalue weighted by Crippen LogP contribution is -2.13. The molecule has 0 bridgehead atoms. The Balaban J connectivity index is 1.90. The number of benzene rings is 1. The Bertz CT molecular complexity index is 347. The van der Waals surface area contributed by atoms with Gasteiger partial charge < -0.3 is 5.32 Å².